The van der Waals surface area contributed by atoms with E-state index in [0.717, 1.165) is 12.1 Å². The Balaban J connectivity index is 1.51. The Morgan fingerprint density at radius 1 is 0.825 bits per heavy atom. The number of benzene rings is 2. The number of ether oxygens (including phenoxy) is 3. The van der Waals surface area contributed by atoms with Crippen molar-refractivity contribution in [3.8, 4) is 28.6 Å². The second-order valence-electron chi connectivity index (χ2n) is 9.70. The van der Waals surface area contributed by atoms with Gasteiger partial charge in [-0.3, -0.25) is 4.79 Å². The number of phenolic OH excluding ortho intramolecular Hbond substituents is 3. The second-order valence-corrected chi connectivity index (χ2v) is 9.70. The summed E-state index contributed by atoms with van der Waals surface area (Å²) in [5.41, 5.74) is -1.04. The number of aliphatic hydroxyl groups is 6. The van der Waals surface area contributed by atoms with Crippen LogP contribution in [-0.4, -0.2) is 108 Å². The highest BCUT2D eigenvalue weighted by Gasteiger charge is 2.47. The third kappa shape index (κ3) is 5.01. The van der Waals surface area contributed by atoms with Crippen LogP contribution < -0.4 is 5.43 Å². The van der Waals surface area contributed by atoms with Gasteiger partial charge in [-0.2, -0.15) is 0 Å². The van der Waals surface area contributed by atoms with Crippen LogP contribution in [0.5, 0.6) is 17.2 Å². The van der Waals surface area contributed by atoms with Crippen LogP contribution in [0.1, 0.15) is 11.7 Å². The van der Waals surface area contributed by atoms with Crippen LogP contribution in [0.25, 0.3) is 22.3 Å². The fourth-order valence-corrected chi connectivity index (χ4v) is 4.81. The molecule has 0 amide bonds. The van der Waals surface area contributed by atoms with E-state index in [1.54, 1.807) is 0 Å². The molecule has 5 rings (SSSR count). The third-order valence-corrected chi connectivity index (χ3v) is 7.03. The first-order valence-corrected chi connectivity index (χ1v) is 12.3. The minimum absolute atomic E-state index is 0.0151. The van der Waals surface area contributed by atoms with Crippen molar-refractivity contribution in [2.75, 3.05) is 13.2 Å². The Morgan fingerprint density at radius 3 is 2.23 bits per heavy atom. The van der Waals surface area contributed by atoms with E-state index in [1.807, 2.05) is 0 Å². The van der Waals surface area contributed by atoms with Gasteiger partial charge < -0.3 is 64.6 Å². The highest BCUT2D eigenvalue weighted by Crippen LogP contribution is 2.44. The first-order valence-electron chi connectivity index (χ1n) is 12.3. The van der Waals surface area contributed by atoms with Crippen LogP contribution in [0, 0.1) is 0 Å². The molecule has 0 saturated carbocycles. The number of aliphatic hydroxyl groups excluding tert-OH is 6. The summed E-state index contributed by atoms with van der Waals surface area (Å²) in [6.07, 6.45) is -14.5. The summed E-state index contributed by atoms with van der Waals surface area (Å²) in [5.74, 6) is -1.35. The van der Waals surface area contributed by atoms with Crippen molar-refractivity contribution in [1.29, 1.82) is 0 Å². The molecule has 0 aliphatic carbocycles. The molecule has 9 atom stereocenters. The number of hydrogen-bond donors (Lipinski definition) is 9. The first kappa shape index (κ1) is 28.2. The molecule has 0 radical (unpaired) electrons. The zero-order valence-electron chi connectivity index (χ0n) is 20.6. The van der Waals surface area contributed by atoms with Crippen LogP contribution in [0.4, 0.5) is 0 Å². The summed E-state index contributed by atoms with van der Waals surface area (Å²) in [5, 5.41) is 92.0. The molecule has 3 aromatic rings. The summed E-state index contributed by atoms with van der Waals surface area (Å²) in [6, 6.07) is 7.54. The van der Waals surface area contributed by atoms with Crippen molar-refractivity contribution in [3.63, 3.8) is 0 Å². The van der Waals surface area contributed by atoms with E-state index in [9.17, 15) is 50.8 Å². The van der Waals surface area contributed by atoms with Gasteiger partial charge in [-0.1, -0.05) is 0 Å². The molecule has 3 unspecified atom stereocenters. The fourth-order valence-electron chi connectivity index (χ4n) is 4.81. The molecule has 216 valence electrons. The summed E-state index contributed by atoms with van der Waals surface area (Å²) >= 11 is 0. The average Bonchev–Trinajstić information content (AvgIpc) is 2.91. The Labute approximate surface area is 225 Å². The van der Waals surface area contributed by atoms with Gasteiger partial charge in [0.2, 0.25) is 0 Å². The van der Waals surface area contributed by atoms with Gasteiger partial charge in [0.1, 0.15) is 77.2 Å². The Kier molecular flexibility index (Phi) is 7.71. The number of aromatic hydroxyl groups is 3. The minimum Gasteiger partial charge on any atom is -0.508 e. The van der Waals surface area contributed by atoms with E-state index in [4.69, 9.17) is 18.6 Å². The maximum Gasteiger partial charge on any atom is 0.197 e. The highest BCUT2D eigenvalue weighted by molar-refractivity contribution is 5.89. The van der Waals surface area contributed by atoms with E-state index < -0.39 is 78.7 Å². The zero-order chi connectivity index (χ0) is 28.9. The highest BCUT2D eigenvalue weighted by atomic mass is 16.7. The van der Waals surface area contributed by atoms with Crippen LogP contribution in [0.15, 0.2) is 45.6 Å². The van der Waals surface area contributed by atoms with Gasteiger partial charge in [0.05, 0.1) is 18.8 Å². The molecule has 2 saturated heterocycles. The summed E-state index contributed by atoms with van der Waals surface area (Å²) in [6.45, 7) is -0.901. The van der Waals surface area contributed by atoms with Crippen LogP contribution in [0.2, 0.25) is 0 Å². The lowest BCUT2D eigenvalue weighted by Crippen LogP contribution is -2.57. The monoisotopic (exact) mass is 564 g/mol. The molecule has 2 aromatic carbocycles. The number of phenols is 3. The van der Waals surface area contributed by atoms with E-state index in [1.165, 1.54) is 24.3 Å². The number of hydrogen-bond acceptors (Lipinski definition) is 14. The van der Waals surface area contributed by atoms with Crippen molar-refractivity contribution in [2.45, 2.75) is 55.1 Å². The van der Waals surface area contributed by atoms with E-state index in [0.29, 0.717) is 5.56 Å². The summed E-state index contributed by atoms with van der Waals surface area (Å²) in [4.78, 5) is 13.0. The average molecular weight is 564 g/mol. The quantitative estimate of drug-likeness (QED) is 0.172. The van der Waals surface area contributed by atoms with Gasteiger partial charge in [-0.15, -0.1) is 0 Å². The summed E-state index contributed by atoms with van der Waals surface area (Å²) < 4.78 is 22.3. The molecule has 14 heteroatoms. The van der Waals surface area contributed by atoms with Gasteiger partial charge in [0.25, 0.3) is 0 Å². The van der Waals surface area contributed by atoms with Crippen molar-refractivity contribution in [1.82, 2.24) is 0 Å². The van der Waals surface area contributed by atoms with Gasteiger partial charge in [-0.05, 0) is 24.3 Å². The van der Waals surface area contributed by atoms with Crippen molar-refractivity contribution < 1.29 is 64.6 Å². The molecule has 14 nitrogen and oxygen atoms in total. The molecule has 2 aliphatic heterocycles. The number of rotatable bonds is 5. The largest absolute Gasteiger partial charge is 0.508 e. The molecule has 1 aromatic heterocycles. The van der Waals surface area contributed by atoms with Gasteiger partial charge >= 0.3 is 0 Å². The Hall–Kier alpha value is -3.31. The predicted molar refractivity (Wildman–Crippen MR) is 132 cm³/mol. The van der Waals surface area contributed by atoms with Crippen LogP contribution in [-0.2, 0) is 14.2 Å². The van der Waals surface area contributed by atoms with Crippen molar-refractivity contribution >= 4 is 11.0 Å². The topological polar surface area (TPSA) is 240 Å². The molecule has 40 heavy (non-hydrogen) atoms. The van der Waals surface area contributed by atoms with Gasteiger partial charge in [0.15, 0.2) is 17.3 Å². The molecular formula is C26H28O14. The molecule has 3 heterocycles. The SMILES string of the molecule is O=c1cc(-c2ccc(O)cc2)oc2c([C@@H]3O[C@@H](CO[C@@H]4OC[C@@H](O)[C@H](O)C4O)[C@@H](O)C(O)C3O)c(O)cc(O)c12. The fraction of sp³-hybridized carbons (Fsp3) is 0.423. The lowest BCUT2D eigenvalue weighted by atomic mass is 9.89. The predicted octanol–water partition coefficient (Wildman–Crippen LogP) is -1.44. The molecule has 2 fully saturated rings. The lowest BCUT2D eigenvalue weighted by Gasteiger charge is -2.42. The van der Waals surface area contributed by atoms with E-state index in [-0.39, 0.29) is 34.6 Å². The molecular weight excluding hydrogens is 536 g/mol. The van der Waals surface area contributed by atoms with Crippen molar-refractivity contribution in [3.05, 3.63) is 52.2 Å². The summed E-state index contributed by atoms with van der Waals surface area (Å²) in [7, 11) is 0. The third-order valence-electron chi connectivity index (χ3n) is 7.03. The minimum atomic E-state index is -1.86. The van der Waals surface area contributed by atoms with E-state index in [2.05, 4.69) is 0 Å². The van der Waals surface area contributed by atoms with Gasteiger partial charge in [0, 0.05) is 17.7 Å². The van der Waals surface area contributed by atoms with Crippen LogP contribution >= 0.6 is 0 Å². The standard InChI is InChI=1S/C26H28O14/c27-10-3-1-9(2-4-10)15-6-13(30)17-11(28)5-12(29)18(24(17)39-15)25-22(35)21(34)20(33)16(40-25)8-38-26-23(36)19(32)14(31)7-37-26/h1-6,14,16,19-23,25-29,31-36H,7-8H2/t14-,16+,19+,20-,21?,22?,23?,25+,26+/m1/s1. The lowest BCUT2D eigenvalue weighted by molar-refractivity contribution is -0.291. The van der Waals surface area contributed by atoms with Crippen LogP contribution in [0.3, 0.4) is 0 Å². The Morgan fingerprint density at radius 2 is 1.52 bits per heavy atom. The number of fused-ring (bicyclic) bond motifs is 1. The molecule has 0 spiro atoms. The van der Waals surface area contributed by atoms with E-state index >= 15 is 0 Å². The zero-order valence-corrected chi connectivity index (χ0v) is 20.6. The normalized spacial score (nSPS) is 32.8. The smallest absolute Gasteiger partial charge is 0.197 e. The first-order chi connectivity index (χ1) is 19.0. The maximum atomic E-state index is 13.0. The molecule has 0 bridgehead atoms. The molecule has 2 aliphatic rings. The maximum absolute atomic E-state index is 13.0. The Bertz CT molecular complexity index is 1420. The second kappa shape index (κ2) is 10.9. The molecule has 9 N–H and O–H groups in total. The van der Waals surface area contributed by atoms with Crippen molar-refractivity contribution in [2.24, 2.45) is 0 Å². The van der Waals surface area contributed by atoms with Gasteiger partial charge in [-0.25, -0.2) is 0 Å².